The standard InChI is InChI=1S/C14H24N2S/c1-4-17-13-7-5-12(6-8-13)16-10-9-14(2,3)11-15/h5-8,16H,4,9-11,15H2,1-3H3. The molecule has 17 heavy (non-hydrogen) atoms. The average molecular weight is 252 g/mol. The number of nitrogens with one attached hydrogen (secondary N) is 1. The maximum Gasteiger partial charge on any atom is 0.0340 e. The summed E-state index contributed by atoms with van der Waals surface area (Å²) in [4.78, 5) is 1.33. The zero-order chi connectivity index (χ0) is 12.7. The minimum atomic E-state index is 0.227. The van der Waals surface area contributed by atoms with Crippen LogP contribution in [0.25, 0.3) is 0 Å². The van der Waals surface area contributed by atoms with E-state index in [9.17, 15) is 0 Å². The molecule has 0 unspecified atom stereocenters. The van der Waals surface area contributed by atoms with Gasteiger partial charge in [0, 0.05) is 17.1 Å². The molecule has 0 aliphatic carbocycles. The van der Waals surface area contributed by atoms with Crippen LogP contribution in [0.4, 0.5) is 5.69 Å². The Morgan fingerprint density at radius 2 is 1.88 bits per heavy atom. The van der Waals surface area contributed by atoms with Crippen molar-refractivity contribution in [1.29, 1.82) is 0 Å². The number of anilines is 1. The van der Waals surface area contributed by atoms with E-state index in [0.717, 1.165) is 25.3 Å². The molecule has 1 aromatic carbocycles. The van der Waals surface area contributed by atoms with Gasteiger partial charge in [-0.15, -0.1) is 11.8 Å². The first-order chi connectivity index (χ1) is 8.07. The van der Waals surface area contributed by atoms with Gasteiger partial charge in [-0.3, -0.25) is 0 Å². The van der Waals surface area contributed by atoms with Crippen molar-refractivity contribution in [2.24, 2.45) is 11.1 Å². The van der Waals surface area contributed by atoms with Gasteiger partial charge in [0.25, 0.3) is 0 Å². The van der Waals surface area contributed by atoms with E-state index >= 15 is 0 Å². The third kappa shape index (κ3) is 5.46. The Labute approximate surface area is 109 Å². The summed E-state index contributed by atoms with van der Waals surface area (Å²) in [6.07, 6.45) is 1.09. The van der Waals surface area contributed by atoms with Gasteiger partial charge in [-0.2, -0.15) is 0 Å². The summed E-state index contributed by atoms with van der Waals surface area (Å²) < 4.78 is 0. The molecular formula is C14H24N2S. The molecule has 96 valence electrons. The highest BCUT2D eigenvalue weighted by Crippen LogP contribution is 2.21. The van der Waals surface area contributed by atoms with E-state index in [1.54, 1.807) is 0 Å². The Balaban J connectivity index is 2.37. The second-order valence-electron chi connectivity index (χ2n) is 5.00. The number of benzene rings is 1. The molecule has 3 heteroatoms. The highest BCUT2D eigenvalue weighted by atomic mass is 32.2. The van der Waals surface area contributed by atoms with Gasteiger partial charge >= 0.3 is 0 Å². The fraction of sp³-hybridized carbons (Fsp3) is 0.571. The molecule has 2 nitrogen and oxygen atoms in total. The van der Waals surface area contributed by atoms with Crippen LogP contribution in [0.5, 0.6) is 0 Å². The fourth-order valence-electron chi connectivity index (χ4n) is 1.48. The normalized spacial score (nSPS) is 11.5. The molecule has 0 aliphatic rings. The number of hydrogen-bond acceptors (Lipinski definition) is 3. The van der Waals surface area contributed by atoms with E-state index in [0.29, 0.717) is 0 Å². The number of rotatable bonds is 7. The molecule has 3 N–H and O–H groups in total. The van der Waals surface area contributed by atoms with Crippen LogP contribution in [0.15, 0.2) is 29.2 Å². The lowest BCUT2D eigenvalue weighted by Gasteiger charge is -2.22. The molecule has 0 spiro atoms. The van der Waals surface area contributed by atoms with Gasteiger partial charge in [-0.1, -0.05) is 20.8 Å². The number of nitrogens with two attached hydrogens (primary N) is 1. The Hall–Kier alpha value is -0.670. The Bertz CT molecular complexity index is 319. The first-order valence-corrected chi connectivity index (χ1v) is 7.23. The highest BCUT2D eigenvalue weighted by molar-refractivity contribution is 7.99. The molecule has 0 amide bonds. The third-order valence-corrected chi connectivity index (χ3v) is 3.74. The van der Waals surface area contributed by atoms with Crippen LogP contribution in [-0.2, 0) is 0 Å². The van der Waals surface area contributed by atoms with Crippen LogP contribution in [0.2, 0.25) is 0 Å². The second-order valence-corrected chi connectivity index (χ2v) is 6.34. The van der Waals surface area contributed by atoms with Gasteiger partial charge in [0.2, 0.25) is 0 Å². The minimum Gasteiger partial charge on any atom is -0.385 e. The quantitative estimate of drug-likeness (QED) is 0.728. The first kappa shape index (κ1) is 14.4. The minimum absolute atomic E-state index is 0.227. The van der Waals surface area contributed by atoms with Crippen molar-refractivity contribution in [1.82, 2.24) is 0 Å². The van der Waals surface area contributed by atoms with Crippen LogP contribution in [0.3, 0.4) is 0 Å². The SMILES string of the molecule is CCSc1ccc(NCCC(C)(C)CN)cc1. The lowest BCUT2D eigenvalue weighted by atomic mass is 9.90. The summed E-state index contributed by atoms with van der Waals surface area (Å²) in [5.74, 6) is 1.12. The molecule has 0 saturated carbocycles. The van der Waals surface area contributed by atoms with E-state index in [1.165, 1.54) is 10.6 Å². The van der Waals surface area contributed by atoms with Crippen molar-refractivity contribution in [3.63, 3.8) is 0 Å². The van der Waals surface area contributed by atoms with Gasteiger partial charge in [-0.25, -0.2) is 0 Å². The lowest BCUT2D eigenvalue weighted by molar-refractivity contribution is 0.358. The van der Waals surface area contributed by atoms with E-state index in [2.05, 4.69) is 50.4 Å². The maximum absolute atomic E-state index is 5.71. The number of thioether (sulfide) groups is 1. The van der Waals surface area contributed by atoms with Crippen LogP contribution in [0, 0.1) is 5.41 Å². The van der Waals surface area contributed by atoms with Crippen LogP contribution < -0.4 is 11.1 Å². The molecule has 0 atom stereocenters. The largest absolute Gasteiger partial charge is 0.385 e. The monoisotopic (exact) mass is 252 g/mol. The Kier molecular flexibility index (Phi) is 5.86. The van der Waals surface area contributed by atoms with E-state index in [4.69, 9.17) is 5.73 Å². The molecule has 0 fully saturated rings. The van der Waals surface area contributed by atoms with Gasteiger partial charge in [-0.05, 0) is 48.4 Å². The molecule has 0 bridgehead atoms. The zero-order valence-corrected chi connectivity index (χ0v) is 11.9. The topological polar surface area (TPSA) is 38.0 Å². The van der Waals surface area contributed by atoms with Crippen molar-refractivity contribution >= 4 is 17.4 Å². The zero-order valence-electron chi connectivity index (χ0n) is 11.1. The summed E-state index contributed by atoms with van der Waals surface area (Å²) in [6.45, 7) is 8.29. The third-order valence-electron chi connectivity index (χ3n) is 2.85. The molecule has 0 heterocycles. The lowest BCUT2D eigenvalue weighted by Crippen LogP contribution is -2.26. The molecule has 1 aromatic rings. The van der Waals surface area contributed by atoms with E-state index in [1.807, 2.05) is 11.8 Å². The van der Waals surface area contributed by atoms with Gasteiger partial charge < -0.3 is 11.1 Å². The molecule has 1 rings (SSSR count). The van der Waals surface area contributed by atoms with Gasteiger partial charge in [0.05, 0.1) is 0 Å². The average Bonchev–Trinajstić information content (AvgIpc) is 2.32. The fourth-order valence-corrected chi connectivity index (χ4v) is 2.14. The van der Waals surface area contributed by atoms with E-state index in [-0.39, 0.29) is 5.41 Å². The summed E-state index contributed by atoms with van der Waals surface area (Å²) in [6, 6.07) is 8.63. The number of hydrogen-bond donors (Lipinski definition) is 2. The van der Waals surface area contributed by atoms with Crippen molar-refractivity contribution in [2.45, 2.75) is 32.1 Å². The van der Waals surface area contributed by atoms with Crippen LogP contribution >= 0.6 is 11.8 Å². The predicted molar refractivity (Wildman–Crippen MR) is 78.8 cm³/mol. The maximum atomic E-state index is 5.71. The summed E-state index contributed by atoms with van der Waals surface area (Å²) in [5, 5.41) is 3.44. The summed E-state index contributed by atoms with van der Waals surface area (Å²) in [7, 11) is 0. The molecule has 0 radical (unpaired) electrons. The summed E-state index contributed by atoms with van der Waals surface area (Å²) in [5.41, 5.74) is 7.13. The summed E-state index contributed by atoms with van der Waals surface area (Å²) >= 11 is 1.87. The van der Waals surface area contributed by atoms with Crippen LogP contribution in [-0.4, -0.2) is 18.8 Å². The van der Waals surface area contributed by atoms with Crippen molar-refractivity contribution < 1.29 is 0 Å². The Morgan fingerprint density at radius 1 is 1.24 bits per heavy atom. The van der Waals surface area contributed by atoms with Crippen molar-refractivity contribution in [3.05, 3.63) is 24.3 Å². The molecule has 0 aliphatic heterocycles. The molecule has 0 aromatic heterocycles. The first-order valence-electron chi connectivity index (χ1n) is 6.24. The smallest absolute Gasteiger partial charge is 0.0340 e. The predicted octanol–water partition coefficient (Wildman–Crippen LogP) is 3.59. The second kappa shape index (κ2) is 6.92. The van der Waals surface area contributed by atoms with Crippen LogP contribution in [0.1, 0.15) is 27.2 Å². The molecule has 0 saturated heterocycles. The molecular weight excluding hydrogens is 228 g/mol. The van der Waals surface area contributed by atoms with Gasteiger partial charge in [0.15, 0.2) is 0 Å². The van der Waals surface area contributed by atoms with E-state index < -0.39 is 0 Å². The Morgan fingerprint density at radius 3 is 2.41 bits per heavy atom. The van der Waals surface area contributed by atoms with Gasteiger partial charge in [0.1, 0.15) is 0 Å². The van der Waals surface area contributed by atoms with Crippen molar-refractivity contribution in [3.8, 4) is 0 Å². The highest BCUT2D eigenvalue weighted by Gasteiger charge is 2.14. The van der Waals surface area contributed by atoms with Crippen molar-refractivity contribution in [2.75, 3.05) is 24.2 Å².